The number of rotatable bonds is 7. The number of ether oxygens (including phenoxy) is 1. The standard InChI is InChI=1S/C20H30N2O3S/c23-19(5-1-3-18-4-2-14-26-18)22-10-6-16(7-11-22)15-21-20(24)17-8-12-25-13-9-17/h2,4,14,16-17H,1,3,5-13,15H2,(H,21,24). The van der Waals surface area contributed by atoms with E-state index in [0.717, 1.165) is 58.2 Å². The third kappa shape index (κ3) is 5.81. The summed E-state index contributed by atoms with van der Waals surface area (Å²) >= 11 is 1.76. The van der Waals surface area contributed by atoms with Gasteiger partial charge in [-0.2, -0.15) is 0 Å². The van der Waals surface area contributed by atoms with Gasteiger partial charge < -0.3 is 15.0 Å². The molecule has 0 radical (unpaired) electrons. The van der Waals surface area contributed by atoms with Gasteiger partial charge >= 0.3 is 0 Å². The van der Waals surface area contributed by atoms with Gasteiger partial charge in [0.25, 0.3) is 0 Å². The van der Waals surface area contributed by atoms with Crippen molar-refractivity contribution in [1.82, 2.24) is 10.2 Å². The van der Waals surface area contributed by atoms with Crippen molar-refractivity contribution in [3.63, 3.8) is 0 Å². The van der Waals surface area contributed by atoms with E-state index in [9.17, 15) is 9.59 Å². The first-order valence-electron chi connectivity index (χ1n) is 9.88. The third-order valence-electron chi connectivity index (χ3n) is 5.52. The molecule has 2 aliphatic heterocycles. The van der Waals surface area contributed by atoms with Crippen LogP contribution in [0, 0.1) is 11.8 Å². The normalized spacial score (nSPS) is 19.5. The zero-order valence-corrected chi connectivity index (χ0v) is 16.3. The van der Waals surface area contributed by atoms with Crippen LogP contribution in [0.3, 0.4) is 0 Å². The SMILES string of the molecule is O=C(NCC1CCN(C(=O)CCCc2cccs2)CC1)C1CCOCC1. The van der Waals surface area contributed by atoms with Crippen molar-refractivity contribution in [3.05, 3.63) is 22.4 Å². The molecular formula is C20H30N2O3S. The van der Waals surface area contributed by atoms with E-state index in [1.54, 1.807) is 11.3 Å². The van der Waals surface area contributed by atoms with Crippen LogP contribution >= 0.6 is 11.3 Å². The molecule has 1 aromatic rings. The maximum Gasteiger partial charge on any atom is 0.223 e. The average Bonchev–Trinajstić information content (AvgIpc) is 3.20. The number of amides is 2. The van der Waals surface area contributed by atoms with Crippen molar-refractivity contribution in [2.24, 2.45) is 11.8 Å². The lowest BCUT2D eigenvalue weighted by molar-refractivity contribution is -0.133. The van der Waals surface area contributed by atoms with Gasteiger partial charge in [0.1, 0.15) is 0 Å². The smallest absolute Gasteiger partial charge is 0.223 e. The van der Waals surface area contributed by atoms with Crippen LogP contribution in [0.4, 0.5) is 0 Å². The molecule has 1 aromatic heterocycles. The van der Waals surface area contributed by atoms with Crippen LogP contribution in [0.1, 0.15) is 43.4 Å². The second-order valence-electron chi connectivity index (χ2n) is 7.39. The molecule has 1 N–H and O–H groups in total. The number of piperidine rings is 1. The molecule has 0 aromatic carbocycles. The number of aryl methyl sites for hydroxylation is 1. The van der Waals surface area contributed by atoms with E-state index < -0.39 is 0 Å². The van der Waals surface area contributed by atoms with Crippen molar-refractivity contribution in [2.45, 2.75) is 44.9 Å². The molecule has 2 saturated heterocycles. The van der Waals surface area contributed by atoms with Crippen LogP contribution in [0.15, 0.2) is 17.5 Å². The van der Waals surface area contributed by atoms with Gasteiger partial charge in [-0.1, -0.05) is 6.07 Å². The van der Waals surface area contributed by atoms with Crippen LogP contribution in [0.5, 0.6) is 0 Å². The number of carbonyl (C=O) groups is 2. The quantitative estimate of drug-likeness (QED) is 0.794. The Bertz CT molecular complexity index is 562. The van der Waals surface area contributed by atoms with Crippen molar-refractivity contribution in [3.8, 4) is 0 Å². The van der Waals surface area contributed by atoms with E-state index in [-0.39, 0.29) is 17.7 Å². The maximum atomic E-state index is 12.4. The van der Waals surface area contributed by atoms with E-state index in [1.807, 2.05) is 4.90 Å². The minimum Gasteiger partial charge on any atom is -0.381 e. The minimum absolute atomic E-state index is 0.119. The summed E-state index contributed by atoms with van der Waals surface area (Å²) in [5.41, 5.74) is 0. The zero-order chi connectivity index (χ0) is 18.2. The molecule has 144 valence electrons. The highest BCUT2D eigenvalue weighted by Crippen LogP contribution is 2.20. The van der Waals surface area contributed by atoms with Crippen molar-refractivity contribution < 1.29 is 14.3 Å². The average molecular weight is 379 g/mol. The van der Waals surface area contributed by atoms with Crippen LogP contribution in [0.2, 0.25) is 0 Å². The predicted molar refractivity (Wildman–Crippen MR) is 103 cm³/mol. The summed E-state index contributed by atoms with van der Waals surface area (Å²) < 4.78 is 5.31. The lowest BCUT2D eigenvalue weighted by Gasteiger charge is -2.32. The first kappa shape index (κ1) is 19.4. The molecule has 3 heterocycles. The Balaban J connectivity index is 1.29. The molecule has 2 aliphatic rings. The Kier molecular flexibility index (Phi) is 7.50. The molecule has 0 bridgehead atoms. The Morgan fingerprint density at radius 2 is 1.96 bits per heavy atom. The minimum atomic E-state index is 0.119. The largest absolute Gasteiger partial charge is 0.381 e. The molecule has 0 unspecified atom stereocenters. The Morgan fingerprint density at radius 3 is 2.65 bits per heavy atom. The summed E-state index contributed by atoms with van der Waals surface area (Å²) in [6, 6.07) is 4.20. The number of thiophene rings is 1. The van der Waals surface area contributed by atoms with Gasteiger partial charge in [0.2, 0.25) is 11.8 Å². The maximum absolute atomic E-state index is 12.4. The van der Waals surface area contributed by atoms with Crippen molar-refractivity contribution in [1.29, 1.82) is 0 Å². The van der Waals surface area contributed by atoms with Gasteiger partial charge in [-0.05, 0) is 55.9 Å². The summed E-state index contributed by atoms with van der Waals surface area (Å²) in [4.78, 5) is 27.9. The van der Waals surface area contributed by atoms with Crippen LogP contribution in [0.25, 0.3) is 0 Å². The van der Waals surface area contributed by atoms with Gasteiger partial charge in [-0.25, -0.2) is 0 Å². The Labute approximate surface area is 160 Å². The molecule has 2 amide bonds. The molecule has 0 spiro atoms. The lowest BCUT2D eigenvalue weighted by Crippen LogP contribution is -2.43. The number of hydrogen-bond acceptors (Lipinski definition) is 4. The number of hydrogen-bond donors (Lipinski definition) is 1. The monoisotopic (exact) mass is 378 g/mol. The van der Waals surface area contributed by atoms with Gasteiger partial charge in [-0.3, -0.25) is 9.59 Å². The fraction of sp³-hybridized carbons (Fsp3) is 0.700. The summed E-state index contributed by atoms with van der Waals surface area (Å²) in [5.74, 6) is 1.08. The van der Waals surface area contributed by atoms with E-state index in [4.69, 9.17) is 4.74 Å². The zero-order valence-electron chi connectivity index (χ0n) is 15.5. The molecule has 0 aliphatic carbocycles. The molecular weight excluding hydrogens is 348 g/mol. The molecule has 26 heavy (non-hydrogen) atoms. The fourth-order valence-corrected chi connectivity index (χ4v) is 4.51. The third-order valence-corrected chi connectivity index (χ3v) is 6.45. The summed E-state index contributed by atoms with van der Waals surface area (Å²) in [6.07, 6.45) is 6.23. The number of nitrogens with zero attached hydrogens (tertiary/aromatic N) is 1. The van der Waals surface area contributed by atoms with Gasteiger partial charge in [0.05, 0.1) is 0 Å². The Morgan fingerprint density at radius 1 is 1.19 bits per heavy atom. The highest BCUT2D eigenvalue weighted by Gasteiger charge is 2.25. The van der Waals surface area contributed by atoms with Gasteiger partial charge in [-0.15, -0.1) is 11.3 Å². The first-order valence-corrected chi connectivity index (χ1v) is 10.8. The van der Waals surface area contributed by atoms with Gasteiger partial charge in [0.15, 0.2) is 0 Å². The molecule has 3 rings (SSSR count). The fourth-order valence-electron chi connectivity index (χ4n) is 3.76. The first-order chi connectivity index (χ1) is 12.7. The number of carbonyl (C=O) groups excluding carboxylic acids is 2. The van der Waals surface area contributed by atoms with Gasteiger partial charge in [0, 0.05) is 50.1 Å². The van der Waals surface area contributed by atoms with Crippen LogP contribution < -0.4 is 5.32 Å². The lowest BCUT2D eigenvalue weighted by atomic mass is 9.95. The van der Waals surface area contributed by atoms with E-state index in [0.29, 0.717) is 25.6 Å². The highest BCUT2D eigenvalue weighted by atomic mass is 32.1. The highest BCUT2D eigenvalue weighted by molar-refractivity contribution is 7.09. The number of nitrogens with one attached hydrogen (secondary N) is 1. The summed E-state index contributed by atoms with van der Waals surface area (Å²) in [7, 11) is 0. The van der Waals surface area contributed by atoms with Crippen molar-refractivity contribution in [2.75, 3.05) is 32.8 Å². The van der Waals surface area contributed by atoms with Crippen LogP contribution in [-0.2, 0) is 20.7 Å². The van der Waals surface area contributed by atoms with Crippen LogP contribution in [-0.4, -0.2) is 49.6 Å². The van der Waals surface area contributed by atoms with Crippen molar-refractivity contribution >= 4 is 23.2 Å². The molecule has 5 nitrogen and oxygen atoms in total. The topological polar surface area (TPSA) is 58.6 Å². The van der Waals surface area contributed by atoms with E-state index in [1.165, 1.54) is 4.88 Å². The molecule has 6 heteroatoms. The van der Waals surface area contributed by atoms with E-state index >= 15 is 0 Å². The summed E-state index contributed by atoms with van der Waals surface area (Å²) in [6.45, 7) is 3.80. The summed E-state index contributed by atoms with van der Waals surface area (Å²) in [5, 5.41) is 5.21. The molecule has 2 fully saturated rings. The predicted octanol–water partition coefficient (Wildman–Crippen LogP) is 2.85. The second-order valence-corrected chi connectivity index (χ2v) is 8.42. The molecule has 0 saturated carbocycles. The second kappa shape index (κ2) is 10.1. The molecule has 0 atom stereocenters. The number of likely N-dealkylation sites (tertiary alicyclic amines) is 1. The Hall–Kier alpha value is -1.40. The van der Waals surface area contributed by atoms with E-state index in [2.05, 4.69) is 22.8 Å².